The average Bonchev–Trinajstić information content (AvgIpc) is 2.63. The standard InChI is InChI=1S/C13H14N2O2S/c1-9-8-18-13(15(9)2)14-11-5-3-10(4-6-11)7-12(16)17/h3-6,8H,7H2,1-2H3,(H,16,17). The van der Waals surface area contributed by atoms with Crippen LogP contribution in [0.1, 0.15) is 11.3 Å². The van der Waals surface area contributed by atoms with Crippen LogP contribution in [0.25, 0.3) is 0 Å². The lowest BCUT2D eigenvalue weighted by Crippen LogP contribution is -2.10. The molecule has 0 radical (unpaired) electrons. The van der Waals surface area contributed by atoms with Crippen molar-refractivity contribution in [2.45, 2.75) is 13.3 Å². The Labute approximate surface area is 109 Å². The zero-order chi connectivity index (χ0) is 13.1. The molecule has 0 atom stereocenters. The Hall–Kier alpha value is -1.88. The van der Waals surface area contributed by atoms with E-state index in [-0.39, 0.29) is 6.42 Å². The maximum Gasteiger partial charge on any atom is 0.307 e. The van der Waals surface area contributed by atoms with Gasteiger partial charge in [-0.15, -0.1) is 11.3 Å². The molecule has 0 spiro atoms. The quantitative estimate of drug-likeness (QED) is 0.922. The smallest absolute Gasteiger partial charge is 0.307 e. The van der Waals surface area contributed by atoms with Gasteiger partial charge in [0.2, 0.25) is 0 Å². The number of aromatic nitrogens is 1. The number of aryl methyl sites for hydroxylation is 1. The topological polar surface area (TPSA) is 54.6 Å². The summed E-state index contributed by atoms with van der Waals surface area (Å²) in [4.78, 5) is 16.0. The molecule has 1 heterocycles. The number of hydrogen-bond acceptors (Lipinski definition) is 3. The number of benzene rings is 1. The van der Waals surface area contributed by atoms with Gasteiger partial charge in [0.15, 0.2) is 4.80 Å². The van der Waals surface area contributed by atoms with Crippen LogP contribution in [0.3, 0.4) is 0 Å². The monoisotopic (exact) mass is 262 g/mol. The molecule has 0 bridgehead atoms. The largest absolute Gasteiger partial charge is 0.481 e. The van der Waals surface area contributed by atoms with Crippen molar-refractivity contribution in [3.05, 3.63) is 45.7 Å². The number of carboxylic acids is 1. The zero-order valence-corrected chi connectivity index (χ0v) is 11.1. The van der Waals surface area contributed by atoms with Crippen LogP contribution in [0.2, 0.25) is 0 Å². The normalized spacial score (nSPS) is 11.8. The molecule has 0 saturated carbocycles. The van der Waals surface area contributed by atoms with Crippen LogP contribution in [-0.4, -0.2) is 15.6 Å². The van der Waals surface area contributed by atoms with E-state index in [1.54, 1.807) is 23.5 Å². The molecule has 0 unspecified atom stereocenters. The molecule has 5 heteroatoms. The van der Waals surface area contributed by atoms with Gasteiger partial charge >= 0.3 is 5.97 Å². The number of hydrogen-bond donors (Lipinski definition) is 1. The molecule has 0 aliphatic rings. The van der Waals surface area contributed by atoms with Gasteiger partial charge in [0, 0.05) is 18.1 Å². The number of rotatable bonds is 3. The lowest BCUT2D eigenvalue weighted by Gasteiger charge is -1.98. The van der Waals surface area contributed by atoms with Crippen molar-refractivity contribution in [3.63, 3.8) is 0 Å². The van der Waals surface area contributed by atoms with Gasteiger partial charge in [0.1, 0.15) is 0 Å². The molecule has 0 amide bonds. The van der Waals surface area contributed by atoms with Crippen molar-refractivity contribution in [2.24, 2.45) is 12.0 Å². The van der Waals surface area contributed by atoms with E-state index >= 15 is 0 Å². The highest BCUT2D eigenvalue weighted by molar-refractivity contribution is 7.07. The number of carbonyl (C=O) groups is 1. The van der Waals surface area contributed by atoms with Gasteiger partial charge in [-0.3, -0.25) is 4.79 Å². The first-order valence-electron chi connectivity index (χ1n) is 5.53. The minimum absolute atomic E-state index is 0.0478. The summed E-state index contributed by atoms with van der Waals surface area (Å²) in [7, 11) is 1.98. The molecular formula is C13H14N2O2S. The van der Waals surface area contributed by atoms with E-state index in [4.69, 9.17) is 5.11 Å². The van der Waals surface area contributed by atoms with Crippen molar-refractivity contribution in [3.8, 4) is 0 Å². The van der Waals surface area contributed by atoms with Gasteiger partial charge in [-0.2, -0.15) is 0 Å². The molecule has 0 aliphatic carbocycles. The van der Waals surface area contributed by atoms with E-state index in [1.807, 2.05) is 30.7 Å². The van der Waals surface area contributed by atoms with Crippen LogP contribution < -0.4 is 4.80 Å². The van der Waals surface area contributed by atoms with Crippen molar-refractivity contribution in [1.29, 1.82) is 0 Å². The Morgan fingerprint density at radius 2 is 2.06 bits per heavy atom. The summed E-state index contributed by atoms with van der Waals surface area (Å²) in [5.74, 6) is -0.819. The fourth-order valence-corrected chi connectivity index (χ4v) is 2.42. The first-order valence-corrected chi connectivity index (χ1v) is 6.41. The Balaban J connectivity index is 2.28. The third kappa shape index (κ3) is 2.87. The van der Waals surface area contributed by atoms with Crippen LogP contribution in [0.5, 0.6) is 0 Å². The van der Waals surface area contributed by atoms with E-state index in [0.717, 1.165) is 16.1 Å². The lowest BCUT2D eigenvalue weighted by atomic mass is 10.1. The Kier molecular flexibility index (Phi) is 3.62. The second-order valence-electron chi connectivity index (χ2n) is 4.07. The predicted molar refractivity (Wildman–Crippen MR) is 71.0 cm³/mol. The summed E-state index contributed by atoms with van der Waals surface area (Å²) < 4.78 is 2.02. The van der Waals surface area contributed by atoms with Gasteiger partial charge < -0.3 is 9.67 Å². The van der Waals surface area contributed by atoms with Crippen LogP contribution in [-0.2, 0) is 18.3 Å². The van der Waals surface area contributed by atoms with Crippen molar-refractivity contribution in [2.75, 3.05) is 0 Å². The maximum atomic E-state index is 10.6. The molecule has 1 aromatic carbocycles. The minimum atomic E-state index is -0.819. The molecule has 0 saturated heterocycles. The number of aliphatic carboxylic acids is 1. The van der Waals surface area contributed by atoms with Gasteiger partial charge in [0.05, 0.1) is 12.1 Å². The second-order valence-corrected chi connectivity index (χ2v) is 4.90. The summed E-state index contributed by atoms with van der Waals surface area (Å²) in [6, 6.07) is 7.28. The van der Waals surface area contributed by atoms with Crippen LogP contribution in [0, 0.1) is 6.92 Å². The van der Waals surface area contributed by atoms with Crippen molar-refractivity contribution < 1.29 is 9.90 Å². The summed E-state index contributed by atoms with van der Waals surface area (Å²) in [5, 5.41) is 10.7. The number of carboxylic acid groups (broad SMARTS) is 1. The highest BCUT2D eigenvalue weighted by Gasteiger charge is 2.00. The molecule has 2 rings (SSSR count). The molecule has 18 heavy (non-hydrogen) atoms. The average molecular weight is 262 g/mol. The molecule has 4 nitrogen and oxygen atoms in total. The van der Waals surface area contributed by atoms with E-state index in [9.17, 15) is 4.79 Å². The van der Waals surface area contributed by atoms with E-state index in [1.165, 1.54) is 5.69 Å². The molecule has 0 aliphatic heterocycles. The lowest BCUT2D eigenvalue weighted by molar-refractivity contribution is -0.136. The predicted octanol–water partition coefficient (Wildman–Crippen LogP) is 2.25. The number of thiazole rings is 1. The van der Waals surface area contributed by atoms with E-state index in [0.29, 0.717) is 0 Å². The fraction of sp³-hybridized carbons (Fsp3) is 0.231. The first-order chi connectivity index (χ1) is 8.56. The van der Waals surface area contributed by atoms with Gasteiger partial charge in [-0.25, -0.2) is 4.99 Å². The SMILES string of the molecule is Cc1csc(=Nc2ccc(CC(=O)O)cc2)n1C. The Morgan fingerprint density at radius 3 is 2.56 bits per heavy atom. The van der Waals surface area contributed by atoms with Gasteiger partial charge in [0.25, 0.3) is 0 Å². The Bertz CT molecular complexity index is 623. The molecule has 1 aromatic heterocycles. The van der Waals surface area contributed by atoms with Crippen LogP contribution in [0.15, 0.2) is 34.6 Å². The molecule has 1 N–H and O–H groups in total. The van der Waals surface area contributed by atoms with Crippen molar-refractivity contribution >= 4 is 23.0 Å². The van der Waals surface area contributed by atoms with Gasteiger partial charge in [-0.05, 0) is 24.6 Å². The summed E-state index contributed by atoms with van der Waals surface area (Å²) in [6.07, 6.45) is 0.0478. The highest BCUT2D eigenvalue weighted by Crippen LogP contribution is 2.13. The maximum absolute atomic E-state index is 10.6. The fourth-order valence-electron chi connectivity index (χ4n) is 1.52. The Morgan fingerprint density at radius 1 is 1.39 bits per heavy atom. The highest BCUT2D eigenvalue weighted by atomic mass is 32.1. The molecule has 2 aromatic rings. The minimum Gasteiger partial charge on any atom is -0.481 e. The second kappa shape index (κ2) is 5.18. The summed E-state index contributed by atoms with van der Waals surface area (Å²) in [5.41, 5.74) is 2.79. The van der Waals surface area contributed by atoms with Gasteiger partial charge in [-0.1, -0.05) is 12.1 Å². The zero-order valence-electron chi connectivity index (χ0n) is 10.3. The first kappa shape index (κ1) is 12.6. The number of nitrogens with zero attached hydrogens (tertiary/aromatic N) is 2. The van der Waals surface area contributed by atoms with E-state index in [2.05, 4.69) is 10.4 Å². The summed E-state index contributed by atoms with van der Waals surface area (Å²) >= 11 is 1.59. The van der Waals surface area contributed by atoms with Crippen LogP contribution >= 0.6 is 11.3 Å². The summed E-state index contributed by atoms with van der Waals surface area (Å²) in [6.45, 7) is 2.03. The third-order valence-electron chi connectivity index (χ3n) is 2.67. The molecule has 0 fully saturated rings. The van der Waals surface area contributed by atoms with Crippen LogP contribution in [0.4, 0.5) is 5.69 Å². The third-order valence-corrected chi connectivity index (χ3v) is 3.70. The van der Waals surface area contributed by atoms with Crippen molar-refractivity contribution in [1.82, 2.24) is 4.57 Å². The molecular weight excluding hydrogens is 248 g/mol. The van der Waals surface area contributed by atoms with E-state index < -0.39 is 5.97 Å². The molecule has 94 valence electrons.